The highest BCUT2D eigenvalue weighted by atomic mass is 32.1. The van der Waals surface area contributed by atoms with Crippen LogP contribution in [0.5, 0.6) is 0 Å². The molecule has 4 heteroatoms. The lowest BCUT2D eigenvalue weighted by Gasteiger charge is -1.93. The van der Waals surface area contributed by atoms with Gasteiger partial charge in [-0.25, -0.2) is 4.98 Å². The number of imidazole rings is 1. The lowest BCUT2D eigenvalue weighted by molar-refractivity contribution is 0.987. The first kappa shape index (κ1) is 5.73. The fourth-order valence-electron chi connectivity index (χ4n) is 0.837. The summed E-state index contributed by atoms with van der Waals surface area (Å²) in [5.41, 5.74) is 0.826. The van der Waals surface area contributed by atoms with Crippen LogP contribution in [0.2, 0.25) is 0 Å². The third kappa shape index (κ3) is 0.690. The molecule has 0 saturated carbocycles. The summed E-state index contributed by atoms with van der Waals surface area (Å²) in [4.78, 5) is 7.96. The van der Waals surface area contributed by atoms with E-state index in [2.05, 4.69) is 22.6 Å². The van der Waals surface area contributed by atoms with Crippen LogP contribution in [0.4, 0.5) is 0 Å². The van der Waals surface area contributed by atoms with Gasteiger partial charge in [-0.3, -0.25) is 9.38 Å². The molecule has 0 aliphatic rings. The smallest absolute Gasteiger partial charge is 0.156 e. The van der Waals surface area contributed by atoms with Crippen LogP contribution < -0.4 is 0 Å². The summed E-state index contributed by atoms with van der Waals surface area (Å²) in [5, 5.41) is 0.801. The number of hydrogen-bond acceptors (Lipinski definition) is 3. The summed E-state index contributed by atoms with van der Waals surface area (Å²) in [6, 6.07) is 0. The van der Waals surface area contributed by atoms with E-state index in [1.54, 1.807) is 18.6 Å². The maximum absolute atomic E-state index is 4.18. The minimum absolute atomic E-state index is 0.801. The molecular weight excluding hydrogens is 146 g/mol. The van der Waals surface area contributed by atoms with Gasteiger partial charge in [-0.2, -0.15) is 0 Å². The lowest BCUT2D eigenvalue weighted by atomic mass is 10.7. The molecule has 0 atom stereocenters. The SMILES string of the molecule is Sc1cncc2nccn12. The Labute approximate surface area is 63.1 Å². The van der Waals surface area contributed by atoms with Gasteiger partial charge >= 0.3 is 0 Å². The molecule has 2 rings (SSSR count). The molecule has 2 heterocycles. The third-order valence-corrected chi connectivity index (χ3v) is 1.63. The van der Waals surface area contributed by atoms with Gasteiger partial charge in [0.15, 0.2) is 5.65 Å². The Morgan fingerprint density at radius 3 is 3.10 bits per heavy atom. The van der Waals surface area contributed by atoms with E-state index in [9.17, 15) is 0 Å². The van der Waals surface area contributed by atoms with Crippen molar-refractivity contribution in [3.05, 3.63) is 24.8 Å². The van der Waals surface area contributed by atoms with Crippen LogP contribution in [-0.2, 0) is 0 Å². The monoisotopic (exact) mass is 151 g/mol. The second-order valence-corrected chi connectivity index (χ2v) is 2.38. The molecule has 0 fully saturated rings. The second-order valence-electron chi connectivity index (χ2n) is 1.92. The molecule has 50 valence electrons. The van der Waals surface area contributed by atoms with Crippen molar-refractivity contribution < 1.29 is 0 Å². The molecule has 0 saturated heterocycles. The van der Waals surface area contributed by atoms with E-state index >= 15 is 0 Å². The molecule has 0 aromatic carbocycles. The number of aromatic nitrogens is 3. The van der Waals surface area contributed by atoms with Crippen molar-refractivity contribution in [2.75, 3.05) is 0 Å². The third-order valence-electron chi connectivity index (χ3n) is 1.30. The highest BCUT2D eigenvalue weighted by molar-refractivity contribution is 7.80. The van der Waals surface area contributed by atoms with Crippen molar-refractivity contribution in [2.24, 2.45) is 0 Å². The van der Waals surface area contributed by atoms with Crippen LogP contribution in [0.3, 0.4) is 0 Å². The van der Waals surface area contributed by atoms with E-state index in [0.29, 0.717) is 0 Å². The van der Waals surface area contributed by atoms with Crippen LogP contribution in [0.25, 0.3) is 5.65 Å². The first-order chi connectivity index (χ1) is 4.88. The Balaban J connectivity index is 2.95. The zero-order valence-corrected chi connectivity index (χ0v) is 5.99. The van der Waals surface area contributed by atoms with Crippen molar-refractivity contribution in [2.45, 2.75) is 5.03 Å². The molecule has 0 bridgehead atoms. The summed E-state index contributed by atoms with van der Waals surface area (Å²) in [5.74, 6) is 0. The van der Waals surface area contributed by atoms with E-state index < -0.39 is 0 Å². The van der Waals surface area contributed by atoms with E-state index in [0.717, 1.165) is 10.7 Å². The normalized spacial score (nSPS) is 10.5. The first-order valence-corrected chi connectivity index (χ1v) is 3.29. The average Bonchev–Trinajstić information content (AvgIpc) is 2.36. The van der Waals surface area contributed by atoms with E-state index in [-0.39, 0.29) is 0 Å². The molecule has 0 aliphatic carbocycles. The van der Waals surface area contributed by atoms with Gasteiger partial charge in [0.2, 0.25) is 0 Å². The Kier molecular flexibility index (Phi) is 1.14. The molecule has 2 aromatic heterocycles. The summed E-state index contributed by atoms with van der Waals surface area (Å²) in [6.45, 7) is 0. The number of rotatable bonds is 0. The zero-order chi connectivity index (χ0) is 6.97. The van der Waals surface area contributed by atoms with Gasteiger partial charge in [0.05, 0.1) is 17.4 Å². The van der Waals surface area contributed by atoms with Crippen molar-refractivity contribution >= 4 is 18.3 Å². The minimum atomic E-state index is 0.801. The highest BCUT2D eigenvalue weighted by Crippen LogP contribution is 2.05. The van der Waals surface area contributed by atoms with Crippen molar-refractivity contribution in [3.63, 3.8) is 0 Å². The van der Waals surface area contributed by atoms with E-state index in [4.69, 9.17) is 0 Å². The van der Waals surface area contributed by atoms with Crippen molar-refractivity contribution in [1.29, 1.82) is 0 Å². The Hall–Kier alpha value is -1.03. The molecule has 0 aliphatic heterocycles. The molecule has 3 nitrogen and oxygen atoms in total. The van der Waals surface area contributed by atoms with Gasteiger partial charge in [0.25, 0.3) is 0 Å². The van der Waals surface area contributed by atoms with Gasteiger partial charge in [-0.1, -0.05) is 0 Å². The maximum atomic E-state index is 4.18. The Bertz CT molecular complexity index is 355. The zero-order valence-electron chi connectivity index (χ0n) is 5.10. The van der Waals surface area contributed by atoms with Gasteiger partial charge < -0.3 is 0 Å². The maximum Gasteiger partial charge on any atom is 0.156 e. The predicted octanol–water partition coefficient (Wildman–Crippen LogP) is 1.02. The van der Waals surface area contributed by atoms with Crippen LogP contribution >= 0.6 is 12.6 Å². The summed E-state index contributed by atoms with van der Waals surface area (Å²) < 4.78 is 1.86. The molecule has 10 heavy (non-hydrogen) atoms. The standard InChI is InChI=1S/C6H5N3S/c10-6-4-7-3-5-8-1-2-9(5)6/h1-4,10H. The molecule has 0 spiro atoms. The van der Waals surface area contributed by atoms with Gasteiger partial charge in [0, 0.05) is 12.4 Å². The van der Waals surface area contributed by atoms with Crippen LogP contribution in [-0.4, -0.2) is 14.4 Å². The first-order valence-electron chi connectivity index (χ1n) is 2.84. The fourth-order valence-corrected chi connectivity index (χ4v) is 1.07. The average molecular weight is 151 g/mol. The Morgan fingerprint density at radius 2 is 2.30 bits per heavy atom. The quantitative estimate of drug-likeness (QED) is 0.570. The van der Waals surface area contributed by atoms with Gasteiger partial charge in [-0.15, -0.1) is 12.6 Å². The van der Waals surface area contributed by atoms with Gasteiger partial charge in [0.1, 0.15) is 0 Å². The molecule has 0 amide bonds. The largest absolute Gasteiger partial charge is 0.292 e. The number of fused-ring (bicyclic) bond motifs is 1. The summed E-state index contributed by atoms with van der Waals surface area (Å²) >= 11 is 4.18. The number of nitrogens with zero attached hydrogens (tertiary/aromatic N) is 3. The minimum Gasteiger partial charge on any atom is -0.292 e. The molecule has 0 N–H and O–H groups in total. The van der Waals surface area contributed by atoms with E-state index in [1.807, 2.05) is 10.6 Å². The van der Waals surface area contributed by atoms with E-state index in [1.165, 1.54) is 0 Å². The van der Waals surface area contributed by atoms with Crippen molar-refractivity contribution in [1.82, 2.24) is 14.4 Å². The van der Waals surface area contributed by atoms with Crippen molar-refractivity contribution in [3.8, 4) is 0 Å². The molecule has 2 aromatic rings. The van der Waals surface area contributed by atoms with Gasteiger partial charge in [-0.05, 0) is 0 Å². The molecule has 0 radical (unpaired) electrons. The lowest BCUT2D eigenvalue weighted by Crippen LogP contribution is -1.86. The fraction of sp³-hybridized carbons (Fsp3) is 0. The predicted molar refractivity (Wildman–Crippen MR) is 40.2 cm³/mol. The number of hydrogen-bond donors (Lipinski definition) is 1. The van der Waals surface area contributed by atoms with Crippen LogP contribution in [0.15, 0.2) is 29.8 Å². The summed E-state index contributed by atoms with van der Waals surface area (Å²) in [7, 11) is 0. The topological polar surface area (TPSA) is 30.2 Å². The number of thiol groups is 1. The van der Waals surface area contributed by atoms with Crippen LogP contribution in [0, 0.1) is 0 Å². The second kappa shape index (κ2) is 1.98. The highest BCUT2D eigenvalue weighted by Gasteiger charge is 1.94. The Morgan fingerprint density at radius 1 is 1.40 bits per heavy atom. The van der Waals surface area contributed by atoms with Crippen LogP contribution in [0.1, 0.15) is 0 Å². The molecular formula is C6H5N3S. The molecule has 0 unspecified atom stereocenters. The summed E-state index contributed by atoms with van der Waals surface area (Å²) in [6.07, 6.45) is 6.94.